The summed E-state index contributed by atoms with van der Waals surface area (Å²) in [6.07, 6.45) is 1.46. The van der Waals surface area contributed by atoms with Gasteiger partial charge in [0.1, 0.15) is 23.1 Å². The van der Waals surface area contributed by atoms with Gasteiger partial charge in [-0.3, -0.25) is 4.79 Å². The van der Waals surface area contributed by atoms with Gasteiger partial charge in [0, 0.05) is 36.0 Å². The highest BCUT2D eigenvalue weighted by molar-refractivity contribution is 6.31. The van der Waals surface area contributed by atoms with Gasteiger partial charge in [0.2, 0.25) is 5.91 Å². The second kappa shape index (κ2) is 9.87. The summed E-state index contributed by atoms with van der Waals surface area (Å²) in [5.74, 6) is -0.0663. The summed E-state index contributed by atoms with van der Waals surface area (Å²) in [7, 11) is 0. The number of aromatic nitrogens is 1. The quantitative estimate of drug-likeness (QED) is 0.393. The molecular weight excluding hydrogens is 447 g/mol. The van der Waals surface area contributed by atoms with Crippen LogP contribution in [0, 0.1) is 5.82 Å². The first-order chi connectivity index (χ1) is 15.5. The van der Waals surface area contributed by atoms with E-state index >= 15 is 0 Å². The number of ether oxygens (including phenoxy) is 1. The first-order valence-electron chi connectivity index (χ1n) is 10.1. The van der Waals surface area contributed by atoms with E-state index in [2.05, 4.69) is 20.9 Å². The zero-order valence-corrected chi connectivity index (χ0v) is 19.4. The van der Waals surface area contributed by atoms with Crippen LogP contribution < -0.4 is 20.7 Å². The molecule has 172 valence electrons. The van der Waals surface area contributed by atoms with Crippen molar-refractivity contribution in [1.82, 2.24) is 4.98 Å². The predicted octanol–water partition coefficient (Wildman–Crippen LogP) is 6.57. The molecule has 3 amide bonds. The number of carbonyl (C=O) groups excluding carboxylic acids is 2. The molecule has 0 aliphatic heterocycles. The van der Waals surface area contributed by atoms with Crippen molar-refractivity contribution < 1.29 is 18.7 Å². The van der Waals surface area contributed by atoms with Gasteiger partial charge in [-0.25, -0.2) is 14.2 Å². The molecule has 0 bridgehead atoms. The van der Waals surface area contributed by atoms with E-state index in [0.717, 1.165) is 11.6 Å². The first kappa shape index (κ1) is 24.0. The number of nitrogens with zero attached hydrogens (tertiary/aromatic N) is 1. The number of pyridine rings is 1. The number of hydrogen-bond donors (Lipinski definition) is 3. The highest BCUT2D eigenvalue weighted by Gasteiger charge is 2.16. The molecule has 0 unspecified atom stereocenters. The van der Waals surface area contributed by atoms with Crippen molar-refractivity contribution >= 4 is 40.7 Å². The van der Waals surface area contributed by atoms with Crippen molar-refractivity contribution in [3.05, 3.63) is 71.1 Å². The minimum absolute atomic E-state index is 0.0217. The number of carbonyl (C=O) groups is 2. The standard InChI is InChI=1S/C24H24ClFN4O3/c1-14(31)28-22-13-19(7-8-27-22)33-18-5-6-21(20(26)12-18)30-23(32)29-17-10-15(24(2,3)4)9-16(25)11-17/h5-13H,1-4H3,(H,27,28,31)(H2,29,30,32). The molecule has 0 radical (unpaired) electrons. The molecule has 3 N–H and O–H groups in total. The van der Waals surface area contributed by atoms with Gasteiger partial charge in [-0.2, -0.15) is 0 Å². The Kier molecular flexibility index (Phi) is 7.18. The van der Waals surface area contributed by atoms with Gasteiger partial charge in [0.25, 0.3) is 0 Å². The Hall–Kier alpha value is -3.65. The van der Waals surface area contributed by atoms with E-state index in [0.29, 0.717) is 22.3 Å². The number of benzene rings is 2. The summed E-state index contributed by atoms with van der Waals surface area (Å²) in [6.45, 7) is 7.47. The summed E-state index contributed by atoms with van der Waals surface area (Å²) in [5.41, 5.74) is 1.28. The molecule has 0 aliphatic rings. The minimum atomic E-state index is -0.680. The lowest BCUT2D eigenvalue weighted by Crippen LogP contribution is -2.21. The fourth-order valence-electron chi connectivity index (χ4n) is 2.90. The van der Waals surface area contributed by atoms with E-state index in [4.69, 9.17) is 16.3 Å². The average molecular weight is 471 g/mol. The SMILES string of the molecule is CC(=O)Nc1cc(Oc2ccc(NC(=O)Nc3cc(Cl)cc(C(C)(C)C)c3)c(F)c2)ccn1. The van der Waals surface area contributed by atoms with Crippen molar-refractivity contribution in [2.45, 2.75) is 33.1 Å². The van der Waals surface area contributed by atoms with E-state index in [-0.39, 0.29) is 22.8 Å². The number of hydrogen-bond acceptors (Lipinski definition) is 4. The van der Waals surface area contributed by atoms with Gasteiger partial charge in [-0.15, -0.1) is 0 Å². The Bertz CT molecular complexity index is 1190. The zero-order valence-electron chi connectivity index (χ0n) is 18.6. The maximum Gasteiger partial charge on any atom is 0.323 e. The van der Waals surface area contributed by atoms with Crippen LogP contribution in [0.2, 0.25) is 5.02 Å². The predicted molar refractivity (Wildman–Crippen MR) is 128 cm³/mol. The molecule has 0 saturated heterocycles. The Labute approximate surface area is 196 Å². The van der Waals surface area contributed by atoms with Gasteiger partial charge in [-0.05, 0) is 47.4 Å². The molecule has 1 heterocycles. The minimum Gasteiger partial charge on any atom is -0.457 e. The Morgan fingerprint density at radius 1 is 0.970 bits per heavy atom. The largest absolute Gasteiger partial charge is 0.457 e. The lowest BCUT2D eigenvalue weighted by atomic mass is 9.87. The zero-order chi connectivity index (χ0) is 24.2. The second-order valence-electron chi connectivity index (χ2n) is 8.36. The second-order valence-corrected chi connectivity index (χ2v) is 8.80. The van der Waals surface area contributed by atoms with Crippen LogP contribution in [0.3, 0.4) is 0 Å². The lowest BCUT2D eigenvalue weighted by Gasteiger charge is -2.20. The molecule has 7 nitrogen and oxygen atoms in total. The molecular formula is C24H24ClFN4O3. The number of halogens is 2. The molecule has 0 spiro atoms. The Morgan fingerprint density at radius 3 is 2.36 bits per heavy atom. The van der Waals surface area contributed by atoms with Crippen LogP contribution in [0.5, 0.6) is 11.5 Å². The van der Waals surface area contributed by atoms with E-state index < -0.39 is 11.8 Å². The number of rotatable bonds is 5. The van der Waals surface area contributed by atoms with Crippen LogP contribution in [0.1, 0.15) is 33.3 Å². The molecule has 9 heteroatoms. The fourth-order valence-corrected chi connectivity index (χ4v) is 3.13. The first-order valence-corrected chi connectivity index (χ1v) is 10.5. The number of urea groups is 1. The Balaban J connectivity index is 1.68. The highest BCUT2D eigenvalue weighted by Crippen LogP contribution is 2.29. The highest BCUT2D eigenvalue weighted by atomic mass is 35.5. The van der Waals surface area contributed by atoms with Crippen LogP contribution in [0.15, 0.2) is 54.7 Å². The third-order valence-electron chi connectivity index (χ3n) is 4.48. The van der Waals surface area contributed by atoms with Crippen molar-refractivity contribution in [1.29, 1.82) is 0 Å². The van der Waals surface area contributed by atoms with E-state index in [1.165, 1.54) is 31.3 Å². The molecule has 0 aliphatic carbocycles. The van der Waals surface area contributed by atoms with Gasteiger partial charge < -0.3 is 20.7 Å². The molecule has 1 aromatic heterocycles. The van der Waals surface area contributed by atoms with Crippen LogP contribution in [0.25, 0.3) is 0 Å². The monoisotopic (exact) mass is 470 g/mol. The van der Waals surface area contributed by atoms with Gasteiger partial charge >= 0.3 is 6.03 Å². The van der Waals surface area contributed by atoms with Gasteiger partial charge in [0.15, 0.2) is 0 Å². The number of nitrogens with one attached hydrogen (secondary N) is 3. The molecule has 3 rings (SSSR count). The summed E-state index contributed by atoms with van der Waals surface area (Å²) in [6, 6.07) is 11.8. The molecule has 33 heavy (non-hydrogen) atoms. The van der Waals surface area contributed by atoms with Crippen molar-refractivity contribution in [3.8, 4) is 11.5 Å². The maximum absolute atomic E-state index is 14.6. The third kappa shape index (κ3) is 6.92. The summed E-state index contributed by atoms with van der Waals surface area (Å²) >= 11 is 6.17. The van der Waals surface area contributed by atoms with Crippen molar-refractivity contribution in [3.63, 3.8) is 0 Å². The maximum atomic E-state index is 14.6. The average Bonchev–Trinajstić information content (AvgIpc) is 2.69. The van der Waals surface area contributed by atoms with Gasteiger partial charge in [-0.1, -0.05) is 32.4 Å². The van der Waals surface area contributed by atoms with Crippen LogP contribution in [-0.4, -0.2) is 16.9 Å². The fraction of sp³-hybridized carbons (Fsp3) is 0.208. The van der Waals surface area contributed by atoms with Gasteiger partial charge in [0.05, 0.1) is 5.69 Å². The van der Waals surface area contributed by atoms with E-state index in [9.17, 15) is 14.0 Å². The van der Waals surface area contributed by atoms with Crippen LogP contribution in [0.4, 0.5) is 26.4 Å². The lowest BCUT2D eigenvalue weighted by molar-refractivity contribution is -0.114. The number of amides is 3. The molecule has 2 aromatic carbocycles. The smallest absolute Gasteiger partial charge is 0.323 e. The van der Waals surface area contributed by atoms with Crippen molar-refractivity contribution in [2.24, 2.45) is 0 Å². The van der Waals surface area contributed by atoms with E-state index in [1.807, 2.05) is 32.9 Å². The molecule has 0 fully saturated rings. The van der Waals surface area contributed by atoms with E-state index in [1.54, 1.807) is 12.1 Å². The molecule has 0 saturated carbocycles. The summed E-state index contributed by atoms with van der Waals surface area (Å²) in [5, 5.41) is 8.18. The summed E-state index contributed by atoms with van der Waals surface area (Å²) in [4.78, 5) is 27.6. The van der Waals surface area contributed by atoms with Crippen LogP contribution >= 0.6 is 11.6 Å². The van der Waals surface area contributed by atoms with Crippen molar-refractivity contribution in [2.75, 3.05) is 16.0 Å². The Morgan fingerprint density at radius 2 is 1.70 bits per heavy atom. The summed E-state index contributed by atoms with van der Waals surface area (Å²) < 4.78 is 20.2. The topological polar surface area (TPSA) is 92.4 Å². The molecule has 0 atom stereocenters. The number of anilines is 3. The normalized spacial score (nSPS) is 11.0. The third-order valence-corrected chi connectivity index (χ3v) is 4.70. The van der Waals surface area contributed by atoms with Crippen LogP contribution in [-0.2, 0) is 10.2 Å². The molecule has 3 aromatic rings.